The maximum Gasteiger partial charge on any atom is 0.124 e. The molecule has 1 aliphatic heterocycles. The summed E-state index contributed by atoms with van der Waals surface area (Å²) < 4.78 is 0. The molecule has 0 aliphatic carbocycles. The van der Waals surface area contributed by atoms with Gasteiger partial charge < -0.3 is 10.3 Å². The van der Waals surface area contributed by atoms with E-state index in [4.69, 9.17) is 0 Å². The summed E-state index contributed by atoms with van der Waals surface area (Å²) in [6.45, 7) is 1.11. The second-order valence-corrected chi connectivity index (χ2v) is 4.14. The molecule has 3 rings (SSSR count). The summed E-state index contributed by atoms with van der Waals surface area (Å²) in [5, 5.41) is 3.50. The van der Waals surface area contributed by atoms with Gasteiger partial charge in [0.2, 0.25) is 0 Å². The highest BCUT2D eigenvalue weighted by Gasteiger charge is 2.17. The van der Waals surface area contributed by atoms with Crippen molar-refractivity contribution in [2.75, 3.05) is 6.54 Å². The highest BCUT2D eigenvalue weighted by Crippen LogP contribution is 2.22. The molecule has 0 saturated carbocycles. The molecular formula is C12H15N3. The van der Waals surface area contributed by atoms with Crippen LogP contribution >= 0.6 is 0 Å². The molecule has 0 radical (unpaired) electrons. The zero-order valence-corrected chi connectivity index (χ0v) is 8.66. The molecule has 1 aromatic heterocycles. The van der Waals surface area contributed by atoms with Crippen molar-refractivity contribution in [3.63, 3.8) is 0 Å². The van der Waals surface area contributed by atoms with E-state index in [1.807, 2.05) is 12.1 Å². The Hall–Kier alpha value is -1.35. The first-order valence-corrected chi connectivity index (χ1v) is 5.61. The van der Waals surface area contributed by atoms with E-state index in [1.54, 1.807) is 0 Å². The Bertz CT molecular complexity index is 422. The second-order valence-electron chi connectivity index (χ2n) is 4.14. The number of rotatable bonds is 1. The Kier molecular flexibility index (Phi) is 2.18. The normalized spacial score (nSPS) is 22.0. The van der Waals surface area contributed by atoms with Crippen LogP contribution in [-0.4, -0.2) is 16.5 Å². The van der Waals surface area contributed by atoms with Crippen molar-refractivity contribution in [3.05, 3.63) is 30.1 Å². The van der Waals surface area contributed by atoms with Crippen LogP contribution in [0.3, 0.4) is 0 Å². The first-order valence-electron chi connectivity index (χ1n) is 5.61. The molecule has 1 saturated heterocycles. The molecule has 1 fully saturated rings. The van der Waals surface area contributed by atoms with Crippen LogP contribution in [0.15, 0.2) is 24.3 Å². The SMILES string of the molecule is c1ccc2[nH]c([C@H]3CCCCN3)nc2c1. The topological polar surface area (TPSA) is 40.7 Å². The lowest BCUT2D eigenvalue weighted by Crippen LogP contribution is -2.27. The molecule has 1 atom stereocenters. The van der Waals surface area contributed by atoms with Crippen LogP contribution in [-0.2, 0) is 0 Å². The van der Waals surface area contributed by atoms with Crippen molar-refractivity contribution in [2.24, 2.45) is 0 Å². The maximum absolute atomic E-state index is 4.62. The minimum atomic E-state index is 0.422. The van der Waals surface area contributed by atoms with Gasteiger partial charge in [-0.2, -0.15) is 0 Å². The van der Waals surface area contributed by atoms with Crippen molar-refractivity contribution in [3.8, 4) is 0 Å². The molecule has 1 aliphatic rings. The molecule has 3 heteroatoms. The predicted octanol–water partition coefficient (Wildman–Crippen LogP) is 2.38. The third kappa shape index (κ3) is 1.63. The number of hydrogen-bond acceptors (Lipinski definition) is 2. The van der Waals surface area contributed by atoms with Crippen LogP contribution in [0.25, 0.3) is 11.0 Å². The minimum Gasteiger partial charge on any atom is -0.341 e. The largest absolute Gasteiger partial charge is 0.341 e. The summed E-state index contributed by atoms with van der Waals surface area (Å²) in [6.07, 6.45) is 3.78. The second kappa shape index (κ2) is 3.66. The van der Waals surface area contributed by atoms with Gasteiger partial charge in [-0.15, -0.1) is 0 Å². The minimum absolute atomic E-state index is 0.422. The predicted molar refractivity (Wildman–Crippen MR) is 60.7 cm³/mol. The first kappa shape index (κ1) is 8.92. The number of imidazole rings is 1. The Morgan fingerprint density at radius 1 is 1.20 bits per heavy atom. The van der Waals surface area contributed by atoms with E-state index in [-0.39, 0.29) is 0 Å². The number of piperidine rings is 1. The van der Waals surface area contributed by atoms with Crippen LogP contribution < -0.4 is 5.32 Å². The van der Waals surface area contributed by atoms with Crippen molar-refractivity contribution in [2.45, 2.75) is 25.3 Å². The summed E-state index contributed by atoms with van der Waals surface area (Å²) in [5.74, 6) is 1.09. The van der Waals surface area contributed by atoms with Gasteiger partial charge in [-0.1, -0.05) is 18.6 Å². The van der Waals surface area contributed by atoms with E-state index in [0.717, 1.165) is 23.4 Å². The lowest BCUT2D eigenvalue weighted by molar-refractivity contribution is 0.400. The summed E-state index contributed by atoms with van der Waals surface area (Å²) >= 11 is 0. The Morgan fingerprint density at radius 2 is 2.13 bits per heavy atom. The lowest BCUT2D eigenvalue weighted by atomic mass is 10.0. The quantitative estimate of drug-likeness (QED) is 0.743. The van der Waals surface area contributed by atoms with Crippen molar-refractivity contribution in [1.82, 2.24) is 15.3 Å². The summed E-state index contributed by atoms with van der Waals surface area (Å²) in [4.78, 5) is 8.01. The zero-order valence-electron chi connectivity index (χ0n) is 8.66. The van der Waals surface area contributed by atoms with Crippen LogP contribution in [0, 0.1) is 0 Å². The Morgan fingerprint density at radius 3 is 2.93 bits per heavy atom. The average molecular weight is 201 g/mol. The molecule has 0 bridgehead atoms. The number of hydrogen-bond donors (Lipinski definition) is 2. The summed E-state index contributed by atoms with van der Waals surface area (Å²) in [7, 11) is 0. The number of para-hydroxylation sites is 2. The number of aromatic nitrogens is 2. The zero-order chi connectivity index (χ0) is 10.1. The van der Waals surface area contributed by atoms with E-state index >= 15 is 0 Å². The highest BCUT2D eigenvalue weighted by atomic mass is 15.0. The van der Waals surface area contributed by atoms with Crippen LogP contribution in [0.1, 0.15) is 31.1 Å². The molecule has 78 valence electrons. The molecule has 0 spiro atoms. The first-order chi connectivity index (χ1) is 7.43. The third-order valence-electron chi connectivity index (χ3n) is 3.05. The van der Waals surface area contributed by atoms with Gasteiger partial charge in [-0.25, -0.2) is 4.98 Å². The summed E-state index contributed by atoms with van der Waals surface area (Å²) in [5.41, 5.74) is 2.21. The van der Waals surface area contributed by atoms with Gasteiger partial charge >= 0.3 is 0 Å². The fourth-order valence-corrected chi connectivity index (χ4v) is 2.22. The van der Waals surface area contributed by atoms with Gasteiger partial charge in [0, 0.05) is 0 Å². The van der Waals surface area contributed by atoms with Gasteiger partial charge in [0.1, 0.15) is 5.82 Å². The lowest BCUT2D eigenvalue weighted by Gasteiger charge is -2.21. The molecule has 2 N–H and O–H groups in total. The monoisotopic (exact) mass is 201 g/mol. The third-order valence-corrected chi connectivity index (χ3v) is 3.05. The number of benzene rings is 1. The van der Waals surface area contributed by atoms with E-state index < -0.39 is 0 Å². The van der Waals surface area contributed by atoms with Crippen molar-refractivity contribution >= 4 is 11.0 Å². The fourth-order valence-electron chi connectivity index (χ4n) is 2.22. The molecule has 3 nitrogen and oxygen atoms in total. The average Bonchev–Trinajstić information content (AvgIpc) is 2.74. The number of aromatic amines is 1. The van der Waals surface area contributed by atoms with Crippen molar-refractivity contribution < 1.29 is 0 Å². The Labute approximate surface area is 88.9 Å². The van der Waals surface area contributed by atoms with Crippen molar-refractivity contribution in [1.29, 1.82) is 0 Å². The van der Waals surface area contributed by atoms with E-state index in [9.17, 15) is 0 Å². The molecule has 0 amide bonds. The molecular weight excluding hydrogens is 186 g/mol. The molecule has 15 heavy (non-hydrogen) atoms. The van der Waals surface area contributed by atoms with E-state index in [0.29, 0.717) is 6.04 Å². The number of fused-ring (bicyclic) bond motifs is 1. The molecule has 0 unspecified atom stereocenters. The van der Waals surface area contributed by atoms with Crippen LogP contribution in [0.4, 0.5) is 0 Å². The standard InChI is InChI=1S/C12H15N3/c1-2-6-10-9(5-1)14-12(15-10)11-7-3-4-8-13-11/h1-2,5-6,11,13H,3-4,7-8H2,(H,14,15)/t11-/m1/s1. The van der Waals surface area contributed by atoms with Crippen LogP contribution in [0.2, 0.25) is 0 Å². The number of nitrogens with zero attached hydrogens (tertiary/aromatic N) is 1. The fraction of sp³-hybridized carbons (Fsp3) is 0.417. The smallest absolute Gasteiger partial charge is 0.124 e. The number of nitrogens with one attached hydrogen (secondary N) is 2. The van der Waals surface area contributed by atoms with Gasteiger partial charge in [0.15, 0.2) is 0 Å². The highest BCUT2D eigenvalue weighted by molar-refractivity contribution is 5.74. The van der Waals surface area contributed by atoms with E-state index in [1.165, 1.54) is 19.3 Å². The van der Waals surface area contributed by atoms with Gasteiger partial charge in [0.05, 0.1) is 17.1 Å². The van der Waals surface area contributed by atoms with Gasteiger partial charge in [0.25, 0.3) is 0 Å². The van der Waals surface area contributed by atoms with Gasteiger partial charge in [-0.05, 0) is 31.5 Å². The molecule has 2 aromatic rings. The number of H-pyrrole nitrogens is 1. The molecule has 1 aromatic carbocycles. The Balaban J connectivity index is 1.96. The molecule has 2 heterocycles. The summed E-state index contributed by atoms with van der Waals surface area (Å²) in [6, 6.07) is 8.62. The van der Waals surface area contributed by atoms with E-state index in [2.05, 4.69) is 27.4 Å². The maximum atomic E-state index is 4.62. The van der Waals surface area contributed by atoms with Gasteiger partial charge in [-0.3, -0.25) is 0 Å². The van der Waals surface area contributed by atoms with Crippen LogP contribution in [0.5, 0.6) is 0 Å².